The van der Waals surface area contributed by atoms with E-state index < -0.39 is 0 Å². The Kier molecular flexibility index (Phi) is 3.70. The standard InChI is InChI=1S/C13H16NO2/c1-10-8-16-9-12(14-10)7-13(15)11-5-3-2-4-6-11/h2-6,10,12H,7-9H2,1H3. The van der Waals surface area contributed by atoms with Gasteiger partial charge in [-0.2, -0.15) is 0 Å². The van der Waals surface area contributed by atoms with E-state index in [2.05, 4.69) is 5.32 Å². The molecule has 2 atom stereocenters. The lowest BCUT2D eigenvalue weighted by atomic mass is 10.0. The van der Waals surface area contributed by atoms with E-state index >= 15 is 0 Å². The van der Waals surface area contributed by atoms with Crippen LogP contribution in [0.3, 0.4) is 0 Å². The molecule has 1 aromatic carbocycles. The Morgan fingerprint density at radius 3 is 2.81 bits per heavy atom. The van der Waals surface area contributed by atoms with Gasteiger partial charge in [0.2, 0.25) is 0 Å². The lowest BCUT2D eigenvalue weighted by molar-refractivity contribution is 0.0439. The molecule has 2 unspecified atom stereocenters. The molecule has 0 N–H and O–H groups in total. The Morgan fingerprint density at radius 2 is 2.12 bits per heavy atom. The molecule has 0 amide bonds. The van der Waals surface area contributed by atoms with Crippen LogP contribution in [0.2, 0.25) is 0 Å². The molecule has 0 bridgehead atoms. The predicted octanol–water partition coefficient (Wildman–Crippen LogP) is 1.65. The van der Waals surface area contributed by atoms with Gasteiger partial charge in [0.15, 0.2) is 5.78 Å². The van der Waals surface area contributed by atoms with Gasteiger partial charge in [-0.25, -0.2) is 5.32 Å². The molecule has 0 aliphatic carbocycles. The van der Waals surface area contributed by atoms with Crippen LogP contribution in [0.15, 0.2) is 30.3 Å². The lowest BCUT2D eigenvalue weighted by Crippen LogP contribution is -2.42. The molecule has 1 radical (unpaired) electrons. The van der Waals surface area contributed by atoms with Crippen molar-refractivity contribution in [3.8, 4) is 0 Å². The Hall–Kier alpha value is -1.19. The second kappa shape index (κ2) is 5.23. The summed E-state index contributed by atoms with van der Waals surface area (Å²) in [6, 6.07) is 9.59. The van der Waals surface area contributed by atoms with Crippen molar-refractivity contribution in [2.45, 2.75) is 25.4 Å². The fourth-order valence-corrected chi connectivity index (χ4v) is 1.89. The van der Waals surface area contributed by atoms with E-state index in [1.807, 2.05) is 37.3 Å². The molecule has 2 rings (SSSR count). The van der Waals surface area contributed by atoms with Crippen LogP contribution in [0.5, 0.6) is 0 Å². The smallest absolute Gasteiger partial charge is 0.164 e. The van der Waals surface area contributed by atoms with Crippen molar-refractivity contribution < 1.29 is 9.53 Å². The first-order chi connectivity index (χ1) is 7.75. The van der Waals surface area contributed by atoms with E-state index in [1.165, 1.54) is 0 Å². The van der Waals surface area contributed by atoms with E-state index in [4.69, 9.17) is 4.74 Å². The largest absolute Gasteiger partial charge is 0.378 e. The van der Waals surface area contributed by atoms with Crippen molar-refractivity contribution in [1.29, 1.82) is 0 Å². The summed E-state index contributed by atoms with van der Waals surface area (Å²) in [6.45, 7) is 3.26. The van der Waals surface area contributed by atoms with Crippen molar-refractivity contribution >= 4 is 5.78 Å². The number of Topliss-reactive ketones (excluding diaryl/α,β-unsaturated/α-hetero) is 1. The fraction of sp³-hybridized carbons (Fsp3) is 0.462. The summed E-state index contributed by atoms with van der Waals surface area (Å²) in [5, 5.41) is 4.50. The molecule has 16 heavy (non-hydrogen) atoms. The first kappa shape index (κ1) is 11.3. The second-order valence-electron chi connectivity index (χ2n) is 4.18. The first-order valence-electron chi connectivity index (χ1n) is 5.61. The van der Waals surface area contributed by atoms with E-state index in [0.717, 1.165) is 5.56 Å². The van der Waals surface area contributed by atoms with Crippen LogP contribution in [0.1, 0.15) is 23.7 Å². The Morgan fingerprint density at radius 1 is 1.38 bits per heavy atom. The van der Waals surface area contributed by atoms with E-state index in [-0.39, 0.29) is 17.9 Å². The van der Waals surface area contributed by atoms with Crippen LogP contribution in [0.25, 0.3) is 0 Å². The molecular formula is C13H16NO2. The highest BCUT2D eigenvalue weighted by atomic mass is 16.5. The second-order valence-corrected chi connectivity index (χ2v) is 4.18. The molecule has 1 aliphatic heterocycles. The molecule has 1 heterocycles. The van der Waals surface area contributed by atoms with Crippen molar-refractivity contribution in [3.63, 3.8) is 0 Å². The Labute approximate surface area is 95.8 Å². The highest BCUT2D eigenvalue weighted by molar-refractivity contribution is 5.96. The Bertz CT molecular complexity index is 350. The monoisotopic (exact) mass is 218 g/mol. The van der Waals surface area contributed by atoms with Gasteiger partial charge < -0.3 is 4.74 Å². The van der Waals surface area contributed by atoms with Crippen molar-refractivity contribution in [1.82, 2.24) is 5.32 Å². The van der Waals surface area contributed by atoms with Crippen molar-refractivity contribution in [3.05, 3.63) is 35.9 Å². The molecule has 3 heteroatoms. The van der Waals surface area contributed by atoms with Crippen LogP contribution in [-0.2, 0) is 4.74 Å². The molecule has 85 valence electrons. The normalized spacial score (nSPS) is 25.3. The summed E-state index contributed by atoms with van der Waals surface area (Å²) in [5.74, 6) is 0.145. The maximum absolute atomic E-state index is 11.9. The third-order valence-electron chi connectivity index (χ3n) is 2.65. The zero-order valence-electron chi connectivity index (χ0n) is 9.43. The summed E-state index contributed by atoms with van der Waals surface area (Å²) >= 11 is 0. The molecule has 0 spiro atoms. The number of ether oxygens (including phenoxy) is 1. The number of nitrogens with zero attached hydrogens (tertiary/aromatic N) is 1. The number of hydrogen-bond acceptors (Lipinski definition) is 2. The minimum Gasteiger partial charge on any atom is -0.378 e. The predicted molar refractivity (Wildman–Crippen MR) is 61.6 cm³/mol. The number of hydrogen-bond donors (Lipinski definition) is 0. The van der Waals surface area contributed by atoms with Gasteiger partial charge in [0.25, 0.3) is 0 Å². The first-order valence-corrected chi connectivity index (χ1v) is 5.61. The van der Waals surface area contributed by atoms with Gasteiger partial charge in [-0.05, 0) is 6.92 Å². The number of morpholine rings is 1. The summed E-state index contributed by atoms with van der Waals surface area (Å²) in [4.78, 5) is 11.9. The molecule has 1 aliphatic rings. The lowest BCUT2D eigenvalue weighted by Gasteiger charge is -2.26. The fourth-order valence-electron chi connectivity index (χ4n) is 1.89. The van der Waals surface area contributed by atoms with Gasteiger partial charge in [0, 0.05) is 18.0 Å². The van der Waals surface area contributed by atoms with Crippen molar-refractivity contribution in [2.75, 3.05) is 13.2 Å². The van der Waals surface area contributed by atoms with Crippen LogP contribution in [0.4, 0.5) is 0 Å². The van der Waals surface area contributed by atoms with Crippen LogP contribution in [0, 0.1) is 0 Å². The van der Waals surface area contributed by atoms with Gasteiger partial charge >= 0.3 is 0 Å². The summed E-state index contributed by atoms with van der Waals surface area (Å²) in [7, 11) is 0. The van der Waals surface area contributed by atoms with Crippen molar-refractivity contribution in [2.24, 2.45) is 0 Å². The zero-order valence-corrected chi connectivity index (χ0v) is 9.43. The summed E-state index contributed by atoms with van der Waals surface area (Å²) in [6.07, 6.45) is 0.453. The number of carbonyl (C=O) groups is 1. The quantitative estimate of drug-likeness (QED) is 0.724. The maximum atomic E-state index is 11.9. The highest BCUT2D eigenvalue weighted by Crippen LogP contribution is 2.10. The molecule has 0 aromatic heterocycles. The van der Waals surface area contributed by atoms with Gasteiger partial charge in [-0.1, -0.05) is 30.3 Å². The zero-order chi connectivity index (χ0) is 11.4. The molecule has 3 nitrogen and oxygen atoms in total. The highest BCUT2D eigenvalue weighted by Gasteiger charge is 2.22. The summed E-state index contributed by atoms with van der Waals surface area (Å²) in [5.41, 5.74) is 0.760. The molecule has 1 fully saturated rings. The van der Waals surface area contributed by atoms with Gasteiger partial charge in [0.05, 0.1) is 19.3 Å². The van der Waals surface area contributed by atoms with Gasteiger partial charge in [-0.15, -0.1) is 0 Å². The van der Waals surface area contributed by atoms with Crippen LogP contribution >= 0.6 is 0 Å². The summed E-state index contributed by atoms with van der Waals surface area (Å²) < 4.78 is 5.39. The minimum atomic E-state index is 0.0245. The average Bonchev–Trinajstić information content (AvgIpc) is 2.30. The number of benzene rings is 1. The number of carbonyl (C=O) groups excluding carboxylic acids is 1. The Balaban J connectivity index is 1.92. The molecule has 1 aromatic rings. The maximum Gasteiger partial charge on any atom is 0.164 e. The van der Waals surface area contributed by atoms with Crippen LogP contribution in [-0.4, -0.2) is 31.1 Å². The molecule has 1 saturated heterocycles. The van der Waals surface area contributed by atoms with E-state index in [0.29, 0.717) is 19.6 Å². The topological polar surface area (TPSA) is 40.4 Å². The average molecular weight is 218 g/mol. The third-order valence-corrected chi connectivity index (χ3v) is 2.65. The number of rotatable bonds is 3. The SMILES string of the molecule is CC1COCC(CC(=O)c2ccccc2)[N]1. The minimum absolute atomic E-state index is 0.0245. The molecule has 0 saturated carbocycles. The van der Waals surface area contributed by atoms with E-state index in [9.17, 15) is 4.79 Å². The van der Waals surface area contributed by atoms with Gasteiger partial charge in [-0.3, -0.25) is 4.79 Å². The number of ketones is 1. The van der Waals surface area contributed by atoms with Crippen LogP contribution < -0.4 is 5.32 Å². The molecular weight excluding hydrogens is 202 g/mol. The van der Waals surface area contributed by atoms with E-state index in [1.54, 1.807) is 0 Å². The third kappa shape index (κ3) is 2.90. The van der Waals surface area contributed by atoms with Gasteiger partial charge in [0.1, 0.15) is 0 Å².